The van der Waals surface area contributed by atoms with Gasteiger partial charge in [-0.3, -0.25) is 0 Å². The van der Waals surface area contributed by atoms with Crippen molar-refractivity contribution in [2.45, 2.75) is 46.3 Å². The van der Waals surface area contributed by atoms with Crippen molar-refractivity contribution < 1.29 is 14.6 Å². The van der Waals surface area contributed by atoms with Gasteiger partial charge in [-0.05, 0) is 51.8 Å². The van der Waals surface area contributed by atoms with Gasteiger partial charge in [0.05, 0.1) is 18.8 Å². The largest absolute Gasteiger partial charge is 0.490 e. The van der Waals surface area contributed by atoms with E-state index in [0.29, 0.717) is 13.0 Å². The van der Waals surface area contributed by atoms with Gasteiger partial charge in [-0.15, -0.1) is 0 Å². The zero-order valence-corrected chi connectivity index (χ0v) is 11.1. The fourth-order valence-electron chi connectivity index (χ4n) is 1.64. The molecule has 0 saturated heterocycles. The van der Waals surface area contributed by atoms with E-state index < -0.39 is 0 Å². The first kappa shape index (κ1) is 13.8. The van der Waals surface area contributed by atoms with Crippen LogP contribution in [-0.2, 0) is 6.42 Å². The molecule has 0 amide bonds. The molecule has 0 radical (unpaired) electrons. The van der Waals surface area contributed by atoms with Gasteiger partial charge in [-0.25, -0.2) is 0 Å². The van der Waals surface area contributed by atoms with E-state index in [2.05, 4.69) is 0 Å². The van der Waals surface area contributed by atoms with Crippen molar-refractivity contribution >= 4 is 0 Å². The highest BCUT2D eigenvalue weighted by Gasteiger charge is 2.09. The zero-order chi connectivity index (χ0) is 12.8. The topological polar surface area (TPSA) is 38.7 Å². The van der Waals surface area contributed by atoms with Crippen LogP contribution in [0.5, 0.6) is 11.5 Å². The average Bonchev–Trinajstić information content (AvgIpc) is 2.21. The van der Waals surface area contributed by atoms with Crippen LogP contribution in [0.25, 0.3) is 0 Å². The minimum absolute atomic E-state index is 0.122. The molecule has 96 valence electrons. The summed E-state index contributed by atoms with van der Waals surface area (Å²) >= 11 is 0. The van der Waals surface area contributed by atoms with E-state index in [1.807, 2.05) is 39.0 Å². The molecule has 1 N–H and O–H groups in total. The number of hydrogen-bond acceptors (Lipinski definition) is 3. The first-order valence-corrected chi connectivity index (χ1v) is 6.13. The minimum Gasteiger partial charge on any atom is -0.490 e. The molecule has 0 bridgehead atoms. The molecule has 3 heteroatoms. The van der Waals surface area contributed by atoms with Gasteiger partial charge >= 0.3 is 0 Å². The van der Waals surface area contributed by atoms with Crippen LogP contribution in [0.1, 0.15) is 33.3 Å². The molecule has 0 aliphatic rings. The van der Waals surface area contributed by atoms with Crippen LogP contribution in [0.3, 0.4) is 0 Å². The normalized spacial score (nSPS) is 12.6. The van der Waals surface area contributed by atoms with Gasteiger partial charge in [0.1, 0.15) is 0 Å². The maximum absolute atomic E-state index is 9.37. The summed E-state index contributed by atoms with van der Waals surface area (Å²) in [5.74, 6) is 1.51. The molecule has 1 atom stereocenters. The Morgan fingerprint density at radius 2 is 1.88 bits per heavy atom. The van der Waals surface area contributed by atoms with Crippen molar-refractivity contribution in [1.29, 1.82) is 0 Å². The van der Waals surface area contributed by atoms with Gasteiger partial charge in [0.15, 0.2) is 11.5 Å². The lowest BCUT2D eigenvalue weighted by Gasteiger charge is -2.16. The predicted molar refractivity (Wildman–Crippen MR) is 68.8 cm³/mol. The second-order valence-corrected chi connectivity index (χ2v) is 4.43. The van der Waals surface area contributed by atoms with E-state index in [9.17, 15) is 5.11 Å². The number of aliphatic hydroxyl groups is 1. The third kappa shape index (κ3) is 4.65. The van der Waals surface area contributed by atoms with Crippen molar-refractivity contribution in [2.75, 3.05) is 6.61 Å². The molecule has 0 aliphatic heterocycles. The van der Waals surface area contributed by atoms with Crippen LogP contribution in [0.2, 0.25) is 0 Å². The highest BCUT2D eigenvalue weighted by Crippen LogP contribution is 2.29. The monoisotopic (exact) mass is 238 g/mol. The summed E-state index contributed by atoms with van der Waals surface area (Å²) in [5.41, 5.74) is 1.06. The van der Waals surface area contributed by atoms with Gasteiger partial charge in [-0.2, -0.15) is 0 Å². The highest BCUT2D eigenvalue weighted by molar-refractivity contribution is 5.43. The third-order valence-electron chi connectivity index (χ3n) is 2.20. The molecule has 0 spiro atoms. The number of rotatable bonds is 6. The molecule has 0 saturated carbocycles. The minimum atomic E-state index is -0.346. The summed E-state index contributed by atoms with van der Waals surface area (Å²) in [4.78, 5) is 0. The summed E-state index contributed by atoms with van der Waals surface area (Å²) in [5, 5.41) is 9.37. The molecule has 0 fully saturated rings. The number of benzene rings is 1. The van der Waals surface area contributed by atoms with Crippen LogP contribution < -0.4 is 9.47 Å². The summed E-state index contributed by atoms with van der Waals surface area (Å²) in [7, 11) is 0. The molecule has 0 aromatic heterocycles. The average molecular weight is 238 g/mol. The second kappa shape index (κ2) is 6.50. The predicted octanol–water partition coefficient (Wildman–Crippen LogP) is 2.80. The Balaban J connectivity index is 2.90. The van der Waals surface area contributed by atoms with E-state index in [0.717, 1.165) is 17.1 Å². The molecule has 0 aliphatic carbocycles. The maximum Gasteiger partial charge on any atom is 0.161 e. The molecule has 3 nitrogen and oxygen atoms in total. The second-order valence-electron chi connectivity index (χ2n) is 4.43. The summed E-state index contributed by atoms with van der Waals surface area (Å²) < 4.78 is 11.2. The molecular weight excluding hydrogens is 216 g/mol. The summed E-state index contributed by atoms with van der Waals surface area (Å²) in [6.45, 7) is 8.30. The van der Waals surface area contributed by atoms with Crippen molar-refractivity contribution in [3.8, 4) is 11.5 Å². The molecule has 1 unspecified atom stereocenters. The van der Waals surface area contributed by atoms with Crippen molar-refractivity contribution in [2.24, 2.45) is 0 Å². The number of hydrogen-bond donors (Lipinski definition) is 1. The lowest BCUT2D eigenvalue weighted by atomic mass is 10.1. The Kier molecular flexibility index (Phi) is 5.29. The van der Waals surface area contributed by atoms with Crippen molar-refractivity contribution in [3.63, 3.8) is 0 Å². The van der Waals surface area contributed by atoms with Gasteiger partial charge in [0, 0.05) is 0 Å². The van der Waals surface area contributed by atoms with Crippen molar-refractivity contribution in [1.82, 2.24) is 0 Å². The molecule has 0 heterocycles. The molecule has 1 aromatic carbocycles. The Bertz CT molecular complexity index is 345. The Morgan fingerprint density at radius 3 is 2.41 bits per heavy atom. The Morgan fingerprint density at radius 1 is 1.18 bits per heavy atom. The highest BCUT2D eigenvalue weighted by atomic mass is 16.5. The van der Waals surface area contributed by atoms with E-state index in [1.54, 1.807) is 6.92 Å². The van der Waals surface area contributed by atoms with Crippen LogP contribution in [0, 0.1) is 0 Å². The van der Waals surface area contributed by atoms with E-state index in [4.69, 9.17) is 9.47 Å². The van der Waals surface area contributed by atoms with Gasteiger partial charge in [0.25, 0.3) is 0 Å². The molecule has 1 aromatic rings. The van der Waals surface area contributed by atoms with E-state index in [-0.39, 0.29) is 12.2 Å². The van der Waals surface area contributed by atoms with Crippen molar-refractivity contribution in [3.05, 3.63) is 23.8 Å². The fraction of sp³-hybridized carbons (Fsp3) is 0.571. The maximum atomic E-state index is 9.37. The van der Waals surface area contributed by atoms with E-state index in [1.165, 1.54) is 0 Å². The standard InChI is InChI=1S/C14H22O3/c1-5-16-14-9-12(8-11(4)15)6-7-13(14)17-10(2)3/h6-7,9-11,15H,5,8H2,1-4H3. The third-order valence-corrected chi connectivity index (χ3v) is 2.20. The number of aliphatic hydroxyl groups excluding tert-OH is 1. The first-order valence-electron chi connectivity index (χ1n) is 6.13. The summed E-state index contributed by atoms with van der Waals surface area (Å²) in [6.07, 6.45) is 0.403. The quantitative estimate of drug-likeness (QED) is 0.828. The van der Waals surface area contributed by atoms with Gasteiger partial charge in [-0.1, -0.05) is 6.07 Å². The Hall–Kier alpha value is -1.22. The van der Waals surface area contributed by atoms with Crippen LogP contribution >= 0.6 is 0 Å². The van der Waals surface area contributed by atoms with Crippen LogP contribution in [0.4, 0.5) is 0 Å². The fourth-order valence-corrected chi connectivity index (χ4v) is 1.64. The lowest BCUT2D eigenvalue weighted by Crippen LogP contribution is -2.09. The number of ether oxygens (including phenoxy) is 2. The SMILES string of the molecule is CCOc1cc(CC(C)O)ccc1OC(C)C. The summed E-state index contributed by atoms with van der Waals surface area (Å²) in [6, 6.07) is 5.81. The smallest absolute Gasteiger partial charge is 0.161 e. The Labute approximate surface area is 103 Å². The van der Waals surface area contributed by atoms with Gasteiger partial charge in [0.2, 0.25) is 0 Å². The van der Waals surface area contributed by atoms with Crippen LogP contribution in [0.15, 0.2) is 18.2 Å². The zero-order valence-electron chi connectivity index (χ0n) is 11.1. The van der Waals surface area contributed by atoms with Crippen LogP contribution in [-0.4, -0.2) is 23.9 Å². The molecule has 1 rings (SSSR count). The van der Waals surface area contributed by atoms with Gasteiger partial charge < -0.3 is 14.6 Å². The first-order chi connectivity index (χ1) is 8.02. The molecular formula is C14H22O3. The lowest BCUT2D eigenvalue weighted by molar-refractivity contribution is 0.195. The molecule has 17 heavy (non-hydrogen) atoms. The van der Waals surface area contributed by atoms with E-state index >= 15 is 0 Å².